The van der Waals surface area contributed by atoms with E-state index in [1.54, 1.807) is 13.0 Å². The SMILES string of the molecule is CNC(=O)CNC(=O)C(C)Oc1cccc(C)c1. The molecule has 2 amide bonds. The second-order valence-electron chi connectivity index (χ2n) is 3.97. The third-order valence-electron chi connectivity index (χ3n) is 2.37. The molecule has 0 aliphatic carbocycles. The Hall–Kier alpha value is -2.04. The minimum atomic E-state index is -0.642. The summed E-state index contributed by atoms with van der Waals surface area (Å²) < 4.78 is 5.48. The molecule has 5 nitrogen and oxygen atoms in total. The first-order valence-corrected chi connectivity index (χ1v) is 5.74. The van der Waals surface area contributed by atoms with E-state index in [-0.39, 0.29) is 18.4 Å². The Bertz CT molecular complexity index is 432. The van der Waals surface area contributed by atoms with Gasteiger partial charge in [0.2, 0.25) is 5.91 Å². The zero-order chi connectivity index (χ0) is 13.5. The fraction of sp³-hybridized carbons (Fsp3) is 0.385. The number of hydrogen-bond acceptors (Lipinski definition) is 3. The Morgan fingerprint density at radius 3 is 2.72 bits per heavy atom. The Morgan fingerprint density at radius 1 is 1.39 bits per heavy atom. The Labute approximate surface area is 107 Å². The summed E-state index contributed by atoms with van der Waals surface area (Å²) in [6, 6.07) is 7.45. The summed E-state index contributed by atoms with van der Waals surface area (Å²) in [5.74, 6) is 0.0730. The quantitative estimate of drug-likeness (QED) is 0.805. The van der Waals surface area contributed by atoms with Gasteiger partial charge in [0.25, 0.3) is 5.91 Å². The van der Waals surface area contributed by atoms with Crippen LogP contribution in [0.15, 0.2) is 24.3 Å². The van der Waals surface area contributed by atoms with E-state index in [0.717, 1.165) is 5.56 Å². The maximum Gasteiger partial charge on any atom is 0.261 e. The van der Waals surface area contributed by atoms with Crippen LogP contribution >= 0.6 is 0 Å². The molecule has 0 aliphatic heterocycles. The second kappa shape index (κ2) is 6.64. The topological polar surface area (TPSA) is 67.4 Å². The molecule has 98 valence electrons. The molecular formula is C13H18N2O3. The number of rotatable bonds is 5. The third-order valence-corrected chi connectivity index (χ3v) is 2.37. The number of likely N-dealkylation sites (N-methyl/N-ethyl adjacent to an activating group) is 1. The molecule has 1 unspecified atom stereocenters. The Kier molecular flexibility index (Phi) is 5.17. The lowest BCUT2D eigenvalue weighted by Gasteiger charge is -2.14. The smallest absolute Gasteiger partial charge is 0.261 e. The van der Waals surface area contributed by atoms with Gasteiger partial charge in [-0.3, -0.25) is 9.59 Å². The number of hydrogen-bond donors (Lipinski definition) is 2. The number of nitrogens with one attached hydrogen (secondary N) is 2. The minimum Gasteiger partial charge on any atom is -0.481 e. The predicted molar refractivity (Wildman–Crippen MR) is 68.3 cm³/mol. The molecule has 1 rings (SSSR count). The fourth-order valence-corrected chi connectivity index (χ4v) is 1.35. The summed E-state index contributed by atoms with van der Waals surface area (Å²) in [7, 11) is 1.52. The third kappa shape index (κ3) is 4.45. The van der Waals surface area contributed by atoms with Gasteiger partial charge in [-0.15, -0.1) is 0 Å². The van der Waals surface area contributed by atoms with E-state index in [9.17, 15) is 9.59 Å². The van der Waals surface area contributed by atoms with Crippen LogP contribution in [0.4, 0.5) is 0 Å². The van der Waals surface area contributed by atoms with Gasteiger partial charge in [0, 0.05) is 7.05 Å². The summed E-state index contributed by atoms with van der Waals surface area (Å²) in [4.78, 5) is 22.6. The van der Waals surface area contributed by atoms with Crippen molar-refractivity contribution in [1.82, 2.24) is 10.6 Å². The molecule has 0 aliphatic rings. The lowest BCUT2D eigenvalue weighted by molar-refractivity contribution is -0.130. The molecule has 0 spiro atoms. The van der Waals surface area contributed by atoms with Crippen LogP contribution < -0.4 is 15.4 Å². The van der Waals surface area contributed by atoms with Crippen LogP contribution in [0.1, 0.15) is 12.5 Å². The standard InChI is InChI=1S/C13H18N2O3/c1-9-5-4-6-11(7-9)18-10(2)13(17)15-8-12(16)14-3/h4-7,10H,8H2,1-3H3,(H,14,16)(H,15,17). The minimum absolute atomic E-state index is 0.0448. The van der Waals surface area contributed by atoms with Gasteiger partial charge >= 0.3 is 0 Å². The molecule has 0 fully saturated rings. The average molecular weight is 250 g/mol. The molecule has 0 saturated heterocycles. The number of benzene rings is 1. The Balaban J connectivity index is 2.47. The Morgan fingerprint density at radius 2 is 2.11 bits per heavy atom. The number of amides is 2. The molecule has 1 aromatic carbocycles. The molecule has 1 aromatic rings. The van der Waals surface area contributed by atoms with Gasteiger partial charge in [0.1, 0.15) is 5.75 Å². The molecule has 5 heteroatoms. The van der Waals surface area contributed by atoms with Crippen molar-refractivity contribution < 1.29 is 14.3 Å². The normalized spacial score (nSPS) is 11.5. The first-order valence-electron chi connectivity index (χ1n) is 5.74. The van der Waals surface area contributed by atoms with Crippen LogP contribution in [0.3, 0.4) is 0 Å². The van der Waals surface area contributed by atoms with Crippen LogP contribution in [-0.4, -0.2) is 31.5 Å². The highest BCUT2D eigenvalue weighted by Gasteiger charge is 2.15. The molecular weight excluding hydrogens is 232 g/mol. The summed E-state index contributed by atoms with van der Waals surface area (Å²) in [5.41, 5.74) is 1.06. The van der Waals surface area contributed by atoms with E-state index in [0.29, 0.717) is 5.75 Å². The monoisotopic (exact) mass is 250 g/mol. The van der Waals surface area contributed by atoms with E-state index in [4.69, 9.17) is 4.74 Å². The lowest BCUT2D eigenvalue weighted by Crippen LogP contribution is -2.41. The highest BCUT2D eigenvalue weighted by Crippen LogP contribution is 2.14. The van der Waals surface area contributed by atoms with Crippen LogP contribution in [-0.2, 0) is 9.59 Å². The highest BCUT2D eigenvalue weighted by atomic mass is 16.5. The summed E-state index contributed by atoms with van der Waals surface area (Å²) in [6.07, 6.45) is -0.642. The number of ether oxygens (including phenoxy) is 1. The van der Waals surface area contributed by atoms with Crippen molar-refractivity contribution >= 4 is 11.8 Å². The van der Waals surface area contributed by atoms with Gasteiger partial charge < -0.3 is 15.4 Å². The zero-order valence-corrected chi connectivity index (χ0v) is 10.8. The van der Waals surface area contributed by atoms with Crippen molar-refractivity contribution in [3.05, 3.63) is 29.8 Å². The molecule has 0 bridgehead atoms. The molecule has 0 saturated carbocycles. The lowest BCUT2D eigenvalue weighted by atomic mass is 10.2. The van der Waals surface area contributed by atoms with Gasteiger partial charge in [0.05, 0.1) is 6.54 Å². The summed E-state index contributed by atoms with van der Waals surface area (Å²) >= 11 is 0. The van der Waals surface area contributed by atoms with Crippen molar-refractivity contribution in [2.75, 3.05) is 13.6 Å². The van der Waals surface area contributed by atoms with Crippen molar-refractivity contribution in [3.63, 3.8) is 0 Å². The molecule has 18 heavy (non-hydrogen) atoms. The molecule has 0 heterocycles. The number of carbonyl (C=O) groups is 2. The van der Waals surface area contributed by atoms with Gasteiger partial charge in [-0.1, -0.05) is 12.1 Å². The van der Waals surface area contributed by atoms with E-state index in [1.807, 2.05) is 25.1 Å². The predicted octanol–water partition coefficient (Wildman–Crippen LogP) is 0.625. The summed E-state index contributed by atoms with van der Waals surface area (Å²) in [5, 5.41) is 4.91. The van der Waals surface area contributed by atoms with E-state index < -0.39 is 6.10 Å². The van der Waals surface area contributed by atoms with Gasteiger partial charge in [-0.2, -0.15) is 0 Å². The maximum absolute atomic E-state index is 11.6. The zero-order valence-electron chi connectivity index (χ0n) is 10.8. The molecule has 1 atom stereocenters. The van der Waals surface area contributed by atoms with Crippen LogP contribution in [0, 0.1) is 6.92 Å². The average Bonchev–Trinajstić information content (AvgIpc) is 2.35. The van der Waals surface area contributed by atoms with Crippen molar-refractivity contribution in [2.45, 2.75) is 20.0 Å². The van der Waals surface area contributed by atoms with Gasteiger partial charge in [0.15, 0.2) is 6.10 Å². The first kappa shape index (κ1) is 14.0. The van der Waals surface area contributed by atoms with Crippen molar-refractivity contribution in [1.29, 1.82) is 0 Å². The molecule has 2 N–H and O–H groups in total. The van der Waals surface area contributed by atoms with E-state index in [2.05, 4.69) is 10.6 Å². The van der Waals surface area contributed by atoms with Crippen molar-refractivity contribution in [2.24, 2.45) is 0 Å². The van der Waals surface area contributed by atoms with E-state index >= 15 is 0 Å². The van der Waals surface area contributed by atoms with E-state index in [1.165, 1.54) is 7.05 Å². The van der Waals surface area contributed by atoms with Gasteiger partial charge in [-0.05, 0) is 31.5 Å². The second-order valence-corrected chi connectivity index (χ2v) is 3.97. The maximum atomic E-state index is 11.6. The fourth-order valence-electron chi connectivity index (χ4n) is 1.35. The molecule has 0 radical (unpaired) electrons. The largest absolute Gasteiger partial charge is 0.481 e. The molecule has 0 aromatic heterocycles. The van der Waals surface area contributed by atoms with Crippen molar-refractivity contribution in [3.8, 4) is 5.75 Å². The number of aryl methyl sites for hydroxylation is 1. The first-order chi connectivity index (χ1) is 8.52. The highest BCUT2D eigenvalue weighted by molar-refractivity contribution is 5.86. The number of carbonyl (C=O) groups excluding carboxylic acids is 2. The van der Waals surface area contributed by atoms with Crippen LogP contribution in [0.25, 0.3) is 0 Å². The van der Waals surface area contributed by atoms with Crippen LogP contribution in [0.5, 0.6) is 5.75 Å². The van der Waals surface area contributed by atoms with Gasteiger partial charge in [-0.25, -0.2) is 0 Å². The van der Waals surface area contributed by atoms with Crippen LogP contribution in [0.2, 0.25) is 0 Å². The summed E-state index contributed by atoms with van der Waals surface area (Å²) in [6.45, 7) is 3.54.